The number of hydrogen-bond donors (Lipinski definition) is 0. The van der Waals surface area contributed by atoms with Crippen LogP contribution in [-0.4, -0.2) is 55.0 Å². The van der Waals surface area contributed by atoms with E-state index < -0.39 is 0 Å². The molecule has 0 atom stereocenters. The van der Waals surface area contributed by atoms with Crippen molar-refractivity contribution in [3.05, 3.63) is 42.2 Å². The molecule has 142 valence electrons. The molecule has 0 spiro atoms. The van der Waals surface area contributed by atoms with Gasteiger partial charge in [-0.2, -0.15) is 0 Å². The maximum Gasteiger partial charge on any atom is 0.305 e. The van der Waals surface area contributed by atoms with Crippen molar-refractivity contribution >= 4 is 11.8 Å². The summed E-state index contributed by atoms with van der Waals surface area (Å²) in [5, 5.41) is 0. The number of carbonyl (C=O) groups is 2. The largest absolute Gasteiger partial charge is 0.497 e. The van der Waals surface area contributed by atoms with Gasteiger partial charge >= 0.3 is 5.97 Å². The maximum atomic E-state index is 12.3. The summed E-state index contributed by atoms with van der Waals surface area (Å²) >= 11 is 0. The maximum absolute atomic E-state index is 12.3. The smallest absolute Gasteiger partial charge is 0.305 e. The molecular weight excluding hydrogens is 332 g/mol. The predicted octanol–water partition coefficient (Wildman–Crippen LogP) is 3.05. The van der Waals surface area contributed by atoms with Crippen LogP contribution in [0.5, 0.6) is 5.75 Å². The molecule has 1 aromatic rings. The summed E-state index contributed by atoms with van der Waals surface area (Å²) in [7, 11) is 1.61. The van der Waals surface area contributed by atoms with Crippen LogP contribution in [0.25, 0.3) is 0 Å². The highest BCUT2D eigenvalue weighted by Gasteiger charge is 2.16. The highest BCUT2D eigenvalue weighted by molar-refractivity contribution is 5.97. The van der Waals surface area contributed by atoms with Crippen LogP contribution in [0.15, 0.2) is 36.7 Å². The molecule has 0 aliphatic carbocycles. The van der Waals surface area contributed by atoms with Gasteiger partial charge in [0.1, 0.15) is 5.75 Å². The fourth-order valence-electron chi connectivity index (χ4n) is 2.81. The molecule has 1 aliphatic heterocycles. The third kappa shape index (κ3) is 6.43. The van der Waals surface area contributed by atoms with Gasteiger partial charge in [-0.05, 0) is 44.0 Å². The molecule has 1 aromatic carbocycles. The van der Waals surface area contributed by atoms with Gasteiger partial charge in [-0.3, -0.25) is 9.59 Å². The van der Waals surface area contributed by atoms with Gasteiger partial charge in [-0.1, -0.05) is 6.42 Å². The van der Waals surface area contributed by atoms with Crippen molar-refractivity contribution in [3.8, 4) is 5.75 Å². The topological polar surface area (TPSA) is 59.1 Å². The minimum Gasteiger partial charge on any atom is -0.497 e. The molecule has 2 rings (SSSR count). The van der Waals surface area contributed by atoms with Crippen molar-refractivity contribution < 1.29 is 19.1 Å². The second-order valence-corrected chi connectivity index (χ2v) is 6.27. The van der Waals surface area contributed by atoms with Gasteiger partial charge in [-0.15, -0.1) is 0 Å². The minimum atomic E-state index is -0.114. The van der Waals surface area contributed by atoms with Gasteiger partial charge in [0.25, 0.3) is 0 Å². The van der Waals surface area contributed by atoms with Crippen molar-refractivity contribution in [1.29, 1.82) is 0 Å². The Bertz CT molecular complexity index is 613. The molecule has 0 N–H and O–H groups in total. The second-order valence-electron chi connectivity index (χ2n) is 6.27. The molecule has 0 saturated carbocycles. The first-order chi connectivity index (χ1) is 12.6. The number of rotatable bonds is 11. The van der Waals surface area contributed by atoms with Crippen molar-refractivity contribution in [1.82, 2.24) is 9.80 Å². The lowest BCUT2D eigenvalue weighted by atomic mass is 10.1. The Balaban J connectivity index is 1.63. The molecule has 0 bridgehead atoms. The van der Waals surface area contributed by atoms with Crippen molar-refractivity contribution in [2.75, 3.05) is 33.5 Å². The normalized spacial score (nSPS) is 13.2. The van der Waals surface area contributed by atoms with E-state index in [0.717, 1.165) is 38.2 Å². The Morgan fingerprint density at radius 1 is 1.04 bits per heavy atom. The van der Waals surface area contributed by atoms with E-state index in [1.807, 2.05) is 24.2 Å². The van der Waals surface area contributed by atoms with E-state index in [2.05, 4.69) is 4.90 Å². The number of Topliss-reactive ketones (excluding diaryl/α,β-unsaturated/α-hetero) is 1. The molecular formula is C20H28N2O4. The fraction of sp³-hybridized carbons (Fsp3) is 0.500. The molecule has 0 saturated heterocycles. The molecule has 0 unspecified atom stereocenters. The number of ether oxygens (including phenoxy) is 2. The Labute approximate surface area is 155 Å². The van der Waals surface area contributed by atoms with Gasteiger partial charge in [0, 0.05) is 30.9 Å². The average molecular weight is 360 g/mol. The van der Waals surface area contributed by atoms with Gasteiger partial charge in [0.2, 0.25) is 0 Å². The standard InChI is InChI=1S/C20H28N2O4/c1-3-26-20(24)7-5-4-6-12-21-13-14-22(16-21)15-19(23)17-8-10-18(25-2)11-9-17/h8-11,13-14H,3-7,12,15-16H2,1-2H3. The van der Waals surface area contributed by atoms with Gasteiger partial charge in [-0.25, -0.2) is 0 Å². The van der Waals surface area contributed by atoms with Crippen LogP contribution in [0.4, 0.5) is 0 Å². The lowest BCUT2D eigenvalue weighted by molar-refractivity contribution is -0.143. The van der Waals surface area contributed by atoms with Crippen LogP contribution in [0.3, 0.4) is 0 Å². The molecule has 1 heterocycles. The Kier molecular flexibility index (Phi) is 7.99. The summed E-state index contributed by atoms with van der Waals surface area (Å²) in [6, 6.07) is 7.19. The lowest BCUT2D eigenvalue weighted by Gasteiger charge is -2.20. The average Bonchev–Trinajstić information content (AvgIpc) is 3.09. The van der Waals surface area contributed by atoms with Gasteiger partial charge < -0.3 is 19.3 Å². The Morgan fingerprint density at radius 3 is 2.46 bits per heavy atom. The fourth-order valence-corrected chi connectivity index (χ4v) is 2.81. The van der Waals surface area contributed by atoms with E-state index in [-0.39, 0.29) is 11.8 Å². The van der Waals surface area contributed by atoms with Crippen LogP contribution in [-0.2, 0) is 9.53 Å². The molecule has 26 heavy (non-hydrogen) atoms. The Hall–Kier alpha value is -2.50. The number of nitrogens with zero attached hydrogens (tertiary/aromatic N) is 2. The highest BCUT2D eigenvalue weighted by atomic mass is 16.5. The number of carbonyl (C=O) groups excluding carboxylic acids is 2. The number of esters is 1. The number of unbranched alkanes of at least 4 members (excludes halogenated alkanes) is 2. The van der Waals surface area contributed by atoms with E-state index >= 15 is 0 Å². The summed E-state index contributed by atoms with van der Waals surface area (Å²) < 4.78 is 10.0. The molecule has 1 aliphatic rings. The molecule has 0 radical (unpaired) electrons. The molecule has 6 nitrogen and oxygen atoms in total. The van der Waals surface area contributed by atoms with Crippen LogP contribution < -0.4 is 4.74 Å². The molecule has 0 fully saturated rings. The summed E-state index contributed by atoms with van der Waals surface area (Å²) in [6.07, 6.45) is 7.34. The molecule has 0 aromatic heterocycles. The minimum absolute atomic E-state index is 0.0913. The third-order valence-corrected chi connectivity index (χ3v) is 4.24. The summed E-state index contributed by atoms with van der Waals surface area (Å²) in [5.41, 5.74) is 0.691. The van der Waals surface area contributed by atoms with Crippen LogP contribution in [0.1, 0.15) is 43.0 Å². The quantitative estimate of drug-likeness (QED) is 0.343. The highest BCUT2D eigenvalue weighted by Crippen LogP contribution is 2.14. The number of ketones is 1. The van der Waals surface area contributed by atoms with E-state index in [9.17, 15) is 9.59 Å². The van der Waals surface area contributed by atoms with Crippen LogP contribution in [0.2, 0.25) is 0 Å². The van der Waals surface area contributed by atoms with E-state index in [4.69, 9.17) is 9.47 Å². The molecule has 6 heteroatoms. The van der Waals surface area contributed by atoms with Gasteiger partial charge in [0.15, 0.2) is 5.78 Å². The zero-order chi connectivity index (χ0) is 18.8. The second kappa shape index (κ2) is 10.5. The first kappa shape index (κ1) is 19.8. The monoisotopic (exact) mass is 360 g/mol. The van der Waals surface area contributed by atoms with Crippen molar-refractivity contribution in [2.24, 2.45) is 0 Å². The summed E-state index contributed by atoms with van der Waals surface area (Å²) in [6.45, 7) is 4.28. The lowest BCUT2D eigenvalue weighted by Crippen LogP contribution is -2.30. The van der Waals surface area contributed by atoms with Gasteiger partial charge in [0.05, 0.1) is 26.9 Å². The van der Waals surface area contributed by atoms with E-state index in [1.54, 1.807) is 31.4 Å². The number of benzene rings is 1. The van der Waals surface area contributed by atoms with E-state index in [1.165, 1.54) is 0 Å². The zero-order valence-electron chi connectivity index (χ0n) is 15.6. The van der Waals surface area contributed by atoms with Crippen molar-refractivity contribution in [3.63, 3.8) is 0 Å². The first-order valence-electron chi connectivity index (χ1n) is 9.11. The first-order valence-corrected chi connectivity index (χ1v) is 9.11. The summed E-state index contributed by atoms with van der Waals surface area (Å²) in [5.74, 6) is 0.724. The van der Waals surface area contributed by atoms with Crippen LogP contribution >= 0.6 is 0 Å². The summed E-state index contributed by atoms with van der Waals surface area (Å²) in [4.78, 5) is 27.8. The Morgan fingerprint density at radius 2 is 1.77 bits per heavy atom. The zero-order valence-corrected chi connectivity index (χ0v) is 15.6. The third-order valence-electron chi connectivity index (χ3n) is 4.24. The van der Waals surface area contributed by atoms with Crippen LogP contribution in [0, 0.1) is 0 Å². The SMILES string of the molecule is CCOC(=O)CCCCCN1C=CN(CC(=O)c2ccc(OC)cc2)C1. The van der Waals surface area contributed by atoms with E-state index in [0.29, 0.717) is 25.1 Å². The number of methoxy groups -OCH3 is 1. The molecule has 0 amide bonds. The number of hydrogen-bond acceptors (Lipinski definition) is 6. The predicted molar refractivity (Wildman–Crippen MR) is 99.8 cm³/mol. The van der Waals surface area contributed by atoms with Crippen molar-refractivity contribution in [2.45, 2.75) is 32.6 Å².